The fourth-order valence-electron chi connectivity index (χ4n) is 0.465. The molecule has 1 aromatic heterocycles. The van der Waals surface area contributed by atoms with Gasteiger partial charge in [0.1, 0.15) is 0 Å². The third-order valence-corrected chi connectivity index (χ3v) is 1.27. The van der Waals surface area contributed by atoms with Gasteiger partial charge in [0, 0.05) is 6.20 Å². The molecular weight excluding hydrogens is 204 g/mol. The predicted molar refractivity (Wildman–Crippen MR) is 34.6 cm³/mol. The summed E-state index contributed by atoms with van der Waals surface area (Å²) in [6.45, 7) is 0. The lowest BCUT2D eigenvalue weighted by atomic mass is 10.7. The minimum atomic E-state index is -2.91. The van der Waals surface area contributed by atoms with Gasteiger partial charge >= 0.3 is 6.10 Å². The quantitative estimate of drug-likeness (QED) is 0.528. The third-order valence-electron chi connectivity index (χ3n) is 0.858. The van der Waals surface area contributed by atoms with E-state index in [-0.39, 0.29) is 0 Å². The van der Waals surface area contributed by atoms with E-state index in [0.717, 1.165) is 0 Å². The van der Waals surface area contributed by atoms with Crippen molar-refractivity contribution in [1.29, 1.82) is 0 Å². The van der Waals surface area contributed by atoms with E-state index in [1.54, 1.807) is 0 Å². The Morgan fingerprint density at radius 3 is 2.30 bits per heavy atom. The van der Waals surface area contributed by atoms with Crippen LogP contribution in [0, 0.1) is 0 Å². The Bertz CT molecular complexity index is 229. The number of aromatic nitrogens is 2. The van der Waals surface area contributed by atoms with Gasteiger partial charge in [-0.15, -0.1) is 0 Å². The summed E-state index contributed by atoms with van der Waals surface area (Å²) in [6, 6.07) is 0. The van der Waals surface area contributed by atoms with Crippen LogP contribution < -0.4 is 0 Å². The van der Waals surface area contributed by atoms with Gasteiger partial charge < -0.3 is 15.3 Å². The lowest BCUT2D eigenvalue weighted by Gasteiger charge is -2.12. The molecule has 5 nitrogen and oxygen atoms in total. The molecule has 0 aliphatic carbocycles. The van der Waals surface area contributed by atoms with E-state index in [2.05, 4.69) is 21.0 Å². The van der Waals surface area contributed by atoms with E-state index < -0.39 is 6.10 Å². The first kappa shape index (κ1) is 7.67. The van der Waals surface area contributed by atoms with Crippen LogP contribution in [0.25, 0.3) is 0 Å². The normalized spacial score (nSPS) is 12.0. The van der Waals surface area contributed by atoms with Gasteiger partial charge in [0.25, 0.3) is 0 Å². The second-order valence-electron chi connectivity index (χ2n) is 1.70. The maximum absolute atomic E-state index is 8.49. The van der Waals surface area contributed by atoms with Gasteiger partial charge in [0.05, 0.1) is 10.7 Å². The Kier molecular flexibility index (Phi) is 1.78. The monoisotopic (exact) mass is 208 g/mol. The topological polar surface area (TPSA) is 78.5 Å². The zero-order chi connectivity index (χ0) is 7.78. The molecule has 0 aromatic carbocycles. The minimum absolute atomic E-state index is 0.550. The first-order valence-corrected chi connectivity index (χ1v) is 3.17. The minimum Gasteiger partial charge on any atom is -0.324 e. The summed E-state index contributed by atoms with van der Waals surface area (Å²) in [7, 11) is 0. The molecule has 10 heavy (non-hydrogen) atoms. The van der Waals surface area contributed by atoms with E-state index in [1.807, 2.05) is 0 Å². The molecule has 0 unspecified atom stereocenters. The lowest BCUT2D eigenvalue weighted by molar-refractivity contribution is -0.380. The van der Waals surface area contributed by atoms with Crippen LogP contribution in [0.1, 0.15) is 0 Å². The zero-order valence-corrected chi connectivity index (χ0v) is 6.35. The number of hydrogen-bond acceptors (Lipinski definition) is 4. The molecule has 0 bridgehead atoms. The van der Waals surface area contributed by atoms with E-state index in [1.165, 1.54) is 12.4 Å². The fraction of sp³-hybridized carbons (Fsp3) is 0.250. The molecule has 0 aliphatic heterocycles. The molecule has 1 heterocycles. The van der Waals surface area contributed by atoms with Crippen LogP contribution in [-0.2, 0) is 6.10 Å². The molecule has 0 radical (unpaired) electrons. The number of nitrogens with zero attached hydrogens (tertiary/aromatic N) is 2. The third kappa shape index (κ3) is 1.54. The molecule has 0 atom stereocenters. The molecule has 3 N–H and O–H groups in total. The molecular formula is C4H5BrN2O3. The second kappa shape index (κ2) is 2.31. The standard InChI is InChI=1S/C4H5BrN2O3/c5-3-1-6-7(2-3)4(8,9)10/h1-2,8-10H. The summed E-state index contributed by atoms with van der Waals surface area (Å²) in [5.41, 5.74) is 0. The van der Waals surface area contributed by atoms with E-state index in [9.17, 15) is 0 Å². The average Bonchev–Trinajstić information content (AvgIpc) is 2.11. The number of halogens is 1. The van der Waals surface area contributed by atoms with Crippen LogP contribution in [0.3, 0.4) is 0 Å². The maximum Gasteiger partial charge on any atom is 0.389 e. The van der Waals surface area contributed by atoms with Gasteiger partial charge in [-0.1, -0.05) is 0 Å². The molecule has 0 fully saturated rings. The molecule has 6 heteroatoms. The van der Waals surface area contributed by atoms with E-state index >= 15 is 0 Å². The Morgan fingerprint density at radius 1 is 1.50 bits per heavy atom. The summed E-state index contributed by atoms with van der Waals surface area (Å²) in [6.07, 6.45) is -0.372. The van der Waals surface area contributed by atoms with Crippen molar-refractivity contribution in [2.24, 2.45) is 0 Å². The van der Waals surface area contributed by atoms with Gasteiger partial charge in [-0.05, 0) is 15.9 Å². The SMILES string of the molecule is OC(O)(O)n1cc(Br)cn1. The molecule has 0 aliphatic rings. The Morgan fingerprint density at radius 2 is 2.10 bits per heavy atom. The maximum atomic E-state index is 8.49. The number of aliphatic hydroxyl groups is 3. The van der Waals surface area contributed by atoms with Crippen molar-refractivity contribution >= 4 is 15.9 Å². The lowest BCUT2D eigenvalue weighted by Crippen LogP contribution is -2.32. The van der Waals surface area contributed by atoms with Crippen LogP contribution >= 0.6 is 15.9 Å². The van der Waals surface area contributed by atoms with Crippen molar-refractivity contribution in [3.05, 3.63) is 16.9 Å². The highest BCUT2D eigenvalue weighted by molar-refractivity contribution is 9.10. The van der Waals surface area contributed by atoms with Crippen LogP contribution in [0.15, 0.2) is 16.9 Å². The van der Waals surface area contributed by atoms with Crippen LogP contribution in [0.5, 0.6) is 0 Å². The first-order chi connectivity index (χ1) is 4.50. The summed E-state index contributed by atoms with van der Waals surface area (Å²) < 4.78 is 1.14. The Hall–Kier alpha value is -0.430. The highest BCUT2D eigenvalue weighted by Gasteiger charge is 2.21. The average molecular weight is 209 g/mol. The molecule has 56 valence electrons. The van der Waals surface area contributed by atoms with Gasteiger partial charge in [-0.25, -0.2) is 0 Å². The first-order valence-electron chi connectivity index (χ1n) is 2.38. The van der Waals surface area contributed by atoms with Gasteiger partial charge in [-0.3, -0.25) is 0 Å². The van der Waals surface area contributed by atoms with Crippen LogP contribution in [0.4, 0.5) is 0 Å². The summed E-state index contributed by atoms with van der Waals surface area (Å²) in [5.74, 6) is 0. The molecule has 0 spiro atoms. The number of hydrogen-bond donors (Lipinski definition) is 3. The van der Waals surface area contributed by atoms with Crippen molar-refractivity contribution < 1.29 is 15.3 Å². The largest absolute Gasteiger partial charge is 0.389 e. The Balaban J connectivity index is 2.96. The van der Waals surface area contributed by atoms with E-state index in [0.29, 0.717) is 9.15 Å². The van der Waals surface area contributed by atoms with Crippen LogP contribution in [0.2, 0.25) is 0 Å². The second-order valence-corrected chi connectivity index (χ2v) is 2.62. The van der Waals surface area contributed by atoms with Crippen molar-refractivity contribution in [3.63, 3.8) is 0 Å². The summed E-state index contributed by atoms with van der Waals surface area (Å²) in [5, 5.41) is 28.9. The fourth-order valence-corrected chi connectivity index (χ4v) is 0.750. The molecule has 1 rings (SSSR count). The summed E-state index contributed by atoms with van der Waals surface area (Å²) in [4.78, 5) is 0. The predicted octanol–water partition coefficient (Wildman–Crippen LogP) is -0.810. The highest BCUT2D eigenvalue weighted by Crippen LogP contribution is 2.10. The molecule has 0 saturated heterocycles. The smallest absolute Gasteiger partial charge is 0.324 e. The zero-order valence-electron chi connectivity index (χ0n) is 4.77. The molecule has 1 aromatic rings. The van der Waals surface area contributed by atoms with Crippen molar-refractivity contribution in [3.8, 4) is 0 Å². The van der Waals surface area contributed by atoms with E-state index in [4.69, 9.17) is 15.3 Å². The van der Waals surface area contributed by atoms with Gasteiger partial charge in [0.15, 0.2) is 0 Å². The highest BCUT2D eigenvalue weighted by atomic mass is 79.9. The Labute approximate surface area is 64.7 Å². The van der Waals surface area contributed by atoms with Crippen molar-refractivity contribution in [2.45, 2.75) is 6.10 Å². The molecule has 0 amide bonds. The van der Waals surface area contributed by atoms with Crippen molar-refractivity contribution in [1.82, 2.24) is 9.78 Å². The van der Waals surface area contributed by atoms with Crippen molar-refractivity contribution in [2.75, 3.05) is 0 Å². The van der Waals surface area contributed by atoms with Crippen LogP contribution in [-0.4, -0.2) is 25.1 Å². The number of rotatable bonds is 1. The molecule has 0 saturated carbocycles. The summed E-state index contributed by atoms with van der Waals surface area (Å²) >= 11 is 3.01. The van der Waals surface area contributed by atoms with Gasteiger partial charge in [0.2, 0.25) is 0 Å². The van der Waals surface area contributed by atoms with Gasteiger partial charge in [-0.2, -0.15) is 9.78 Å².